The number of halogens is 1. The monoisotopic (exact) mass is 414 g/mol. The summed E-state index contributed by atoms with van der Waals surface area (Å²) in [5.41, 5.74) is 7.58. The fraction of sp³-hybridized carbons (Fsp3) is 0.364. The maximum absolute atomic E-state index is 14.7. The van der Waals surface area contributed by atoms with E-state index in [0.717, 1.165) is 5.56 Å². The van der Waals surface area contributed by atoms with Gasteiger partial charge in [0.05, 0.1) is 17.9 Å². The third kappa shape index (κ3) is 5.70. The van der Waals surface area contributed by atoms with Gasteiger partial charge in [0.1, 0.15) is 5.82 Å². The van der Waals surface area contributed by atoms with Gasteiger partial charge in [-0.15, -0.1) is 0 Å². The molecule has 160 valence electrons. The summed E-state index contributed by atoms with van der Waals surface area (Å²) in [5, 5.41) is 5.28. The van der Waals surface area contributed by atoms with Crippen molar-refractivity contribution >= 4 is 17.6 Å². The number of carbonyl (C=O) groups excluding carboxylic acids is 2. The van der Waals surface area contributed by atoms with Gasteiger partial charge in [-0.2, -0.15) is 0 Å². The first kappa shape index (κ1) is 21.6. The predicted molar refractivity (Wildman–Crippen MR) is 113 cm³/mol. The fourth-order valence-electron chi connectivity index (χ4n) is 3.54. The number of morpholine rings is 1. The molecule has 3 amide bonds. The number of hydrogen-bond donors (Lipinski definition) is 3. The smallest absolute Gasteiger partial charge is 0.312 e. The first-order valence-corrected chi connectivity index (χ1v) is 9.91. The molecule has 8 heteroatoms. The zero-order valence-corrected chi connectivity index (χ0v) is 17.2. The Labute approximate surface area is 175 Å². The van der Waals surface area contributed by atoms with Crippen LogP contribution in [0.25, 0.3) is 0 Å². The highest BCUT2D eigenvalue weighted by molar-refractivity contribution is 5.94. The molecular formula is C22H27FN4O3. The number of nitrogens with zero attached hydrogens (tertiary/aromatic N) is 1. The van der Waals surface area contributed by atoms with Crippen molar-refractivity contribution in [2.75, 3.05) is 18.0 Å². The highest BCUT2D eigenvalue weighted by Crippen LogP contribution is 2.24. The van der Waals surface area contributed by atoms with Gasteiger partial charge in [-0.3, -0.25) is 4.79 Å². The summed E-state index contributed by atoms with van der Waals surface area (Å²) in [5.74, 6) is -0.570. The van der Waals surface area contributed by atoms with Crippen LogP contribution < -0.4 is 21.3 Å². The van der Waals surface area contributed by atoms with Gasteiger partial charge in [-0.25, -0.2) is 9.18 Å². The maximum atomic E-state index is 14.7. The molecular weight excluding hydrogens is 387 g/mol. The van der Waals surface area contributed by atoms with E-state index in [1.165, 1.54) is 6.07 Å². The van der Waals surface area contributed by atoms with Crippen molar-refractivity contribution < 1.29 is 18.7 Å². The lowest BCUT2D eigenvalue weighted by Crippen LogP contribution is -2.45. The Morgan fingerprint density at radius 2 is 1.63 bits per heavy atom. The molecule has 0 spiro atoms. The van der Waals surface area contributed by atoms with E-state index < -0.39 is 6.03 Å². The third-order valence-corrected chi connectivity index (χ3v) is 4.91. The number of carbonyl (C=O) groups is 2. The van der Waals surface area contributed by atoms with Gasteiger partial charge in [-0.1, -0.05) is 18.2 Å². The summed E-state index contributed by atoms with van der Waals surface area (Å²) in [6.07, 6.45) is 0.0927. The molecule has 1 heterocycles. The number of anilines is 1. The molecule has 0 aliphatic carbocycles. The van der Waals surface area contributed by atoms with Gasteiger partial charge in [0, 0.05) is 31.7 Å². The van der Waals surface area contributed by atoms with Gasteiger partial charge in [0.25, 0.3) is 5.91 Å². The summed E-state index contributed by atoms with van der Waals surface area (Å²) < 4.78 is 20.4. The Kier molecular flexibility index (Phi) is 6.89. The van der Waals surface area contributed by atoms with Gasteiger partial charge in [0.2, 0.25) is 0 Å². The molecule has 0 radical (unpaired) electrons. The minimum Gasteiger partial charge on any atom is -0.372 e. The molecule has 1 fully saturated rings. The van der Waals surface area contributed by atoms with Crippen molar-refractivity contribution in [3.05, 3.63) is 65.0 Å². The SMILES string of the molecule is CC1CN(c2ccc(CNC(=O)c3ccc(CNC(N)=O)cc3)cc2F)CC(C)O1. The van der Waals surface area contributed by atoms with E-state index >= 15 is 0 Å². The molecule has 2 unspecified atom stereocenters. The minimum atomic E-state index is -0.604. The molecule has 2 aromatic rings. The molecule has 7 nitrogen and oxygen atoms in total. The number of ether oxygens (including phenoxy) is 1. The lowest BCUT2D eigenvalue weighted by molar-refractivity contribution is -0.00539. The van der Waals surface area contributed by atoms with E-state index in [1.807, 2.05) is 24.8 Å². The lowest BCUT2D eigenvalue weighted by atomic mass is 10.1. The van der Waals surface area contributed by atoms with Crippen LogP contribution in [0.4, 0.5) is 14.9 Å². The number of hydrogen-bond acceptors (Lipinski definition) is 4. The van der Waals surface area contributed by atoms with E-state index in [1.54, 1.807) is 30.3 Å². The van der Waals surface area contributed by atoms with Crippen molar-refractivity contribution in [1.82, 2.24) is 10.6 Å². The Balaban J connectivity index is 1.57. The first-order valence-electron chi connectivity index (χ1n) is 9.91. The highest BCUT2D eigenvalue weighted by atomic mass is 19.1. The Morgan fingerprint density at radius 3 is 2.23 bits per heavy atom. The standard InChI is InChI=1S/C22H27FN4O3/c1-14-12-27(13-15(2)30-14)20-8-5-17(9-19(20)23)11-25-21(28)18-6-3-16(4-7-18)10-26-22(24)29/h3-9,14-15H,10-13H2,1-2H3,(H,25,28)(H3,24,26,29). The summed E-state index contributed by atoms with van der Waals surface area (Å²) >= 11 is 0. The first-order chi connectivity index (χ1) is 14.3. The van der Waals surface area contributed by atoms with E-state index in [-0.39, 0.29) is 30.5 Å². The molecule has 30 heavy (non-hydrogen) atoms. The summed E-state index contributed by atoms with van der Waals surface area (Å²) in [7, 11) is 0. The van der Waals surface area contributed by atoms with Crippen molar-refractivity contribution in [3.63, 3.8) is 0 Å². The molecule has 0 saturated carbocycles. The Hall–Kier alpha value is -3.13. The number of urea groups is 1. The largest absolute Gasteiger partial charge is 0.372 e. The zero-order valence-electron chi connectivity index (χ0n) is 17.2. The predicted octanol–water partition coefficient (Wildman–Crippen LogP) is 2.54. The van der Waals surface area contributed by atoms with E-state index in [9.17, 15) is 14.0 Å². The van der Waals surface area contributed by atoms with Crippen LogP contribution in [-0.2, 0) is 17.8 Å². The molecule has 4 N–H and O–H groups in total. The summed E-state index contributed by atoms with van der Waals surface area (Å²) in [4.78, 5) is 25.1. The minimum absolute atomic E-state index is 0.0464. The van der Waals surface area contributed by atoms with Gasteiger partial charge >= 0.3 is 6.03 Å². The quantitative estimate of drug-likeness (QED) is 0.677. The van der Waals surface area contributed by atoms with Gasteiger partial charge in [0.15, 0.2) is 0 Å². The highest BCUT2D eigenvalue weighted by Gasteiger charge is 2.24. The third-order valence-electron chi connectivity index (χ3n) is 4.91. The van der Waals surface area contributed by atoms with Crippen LogP contribution >= 0.6 is 0 Å². The Morgan fingerprint density at radius 1 is 1.03 bits per heavy atom. The molecule has 3 rings (SSSR count). The van der Waals surface area contributed by atoms with Gasteiger partial charge in [-0.05, 0) is 49.2 Å². The lowest BCUT2D eigenvalue weighted by Gasteiger charge is -2.37. The van der Waals surface area contributed by atoms with E-state index in [2.05, 4.69) is 10.6 Å². The molecule has 0 aromatic heterocycles. The van der Waals surface area contributed by atoms with Crippen LogP contribution in [0.3, 0.4) is 0 Å². The number of nitrogens with one attached hydrogen (secondary N) is 2. The van der Waals surface area contributed by atoms with Gasteiger partial charge < -0.3 is 26.0 Å². The average Bonchev–Trinajstić information content (AvgIpc) is 2.70. The van der Waals surface area contributed by atoms with Crippen molar-refractivity contribution in [2.24, 2.45) is 5.73 Å². The number of primary amides is 1. The number of amides is 3. The number of rotatable bonds is 6. The second kappa shape index (κ2) is 9.58. The van der Waals surface area contributed by atoms with E-state index in [4.69, 9.17) is 10.5 Å². The molecule has 2 atom stereocenters. The van der Waals surface area contributed by atoms with Crippen LogP contribution in [0.2, 0.25) is 0 Å². The molecule has 0 bridgehead atoms. The molecule has 1 saturated heterocycles. The second-order valence-corrected chi connectivity index (χ2v) is 7.55. The van der Waals surface area contributed by atoms with Crippen LogP contribution in [-0.4, -0.2) is 37.2 Å². The average molecular weight is 414 g/mol. The van der Waals surface area contributed by atoms with Crippen LogP contribution in [0.1, 0.15) is 35.3 Å². The molecule has 2 aromatic carbocycles. The zero-order chi connectivity index (χ0) is 21.7. The Bertz CT molecular complexity index is 894. The van der Waals surface area contributed by atoms with Crippen LogP contribution in [0, 0.1) is 5.82 Å². The van der Waals surface area contributed by atoms with E-state index in [0.29, 0.717) is 36.4 Å². The van der Waals surface area contributed by atoms with Crippen molar-refractivity contribution in [2.45, 2.75) is 39.1 Å². The topological polar surface area (TPSA) is 96.7 Å². The normalized spacial score (nSPS) is 18.7. The van der Waals surface area contributed by atoms with Crippen LogP contribution in [0.15, 0.2) is 42.5 Å². The van der Waals surface area contributed by atoms with Crippen molar-refractivity contribution in [3.8, 4) is 0 Å². The molecule has 1 aliphatic heterocycles. The number of benzene rings is 2. The van der Waals surface area contributed by atoms with Crippen LogP contribution in [0.5, 0.6) is 0 Å². The summed E-state index contributed by atoms with van der Waals surface area (Å²) in [6.45, 7) is 5.75. The number of nitrogens with two attached hydrogens (primary N) is 1. The van der Waals surface area contributed by atoms with Crippen molar-refractivity contribution in [1.29, 1.82) is 0 Å². The summed E-state index contributed by atoms with van der Waals surface area (Å²) in [6, 6.07) is 11.2. The second-order valence-electron chi connectivity index (χ2n) is 7.55. The fourth-order valence-corrected chi connectivity index (χ4v) is 3.54. The molecule has 1 aliphatic rings. The maximum Gasteiger partial charge on any atom is 0.312 e.